The van der Waals surface area contributed by atoms with Crippen LogP contribution in [0.5, 0.6) is 0 Å². The van der Waals surface area contributed by atoms with Gasteiger partial charge in [-0.05, 0) is 23.1 Å². The predicted molar refractivity (Wildman–Crippen MR) is 64.8 cm³/mol. The van der Waals surface area contributed by atoms with Gasteiger partial charge in [0.15, 0.2) is 15.6 Å². The minimum absolute atomic E-state index is 0.0490. The van der Waals surface area contributed by atoms with E-state index in [0.29, 0.717) is 0 Å². The highest BCUT2D eigenvalue weighted by atomic mass is 32.2. The van der Waals surface area contributed by atoms with Crippen molar-refractivity contribution in [3.05, 3.63) is 29.8 Å². The highest BCUT2D eigenvalue weighted by molar-refractivity contribution is 7.92. The summed E-state index contributed by atoms with van der Waals surface area (Å²) in [4.78, 5) is 10.5. The molecule has 0 bridgehead atoms. The molecule has 0 heterocycles. The Morgan fingerprint density at radius 1 is 1.18 bits per heavy atom. The maximum Gasteiger partial charge on any atom is 0.319 e. The van der Waals surface area contributed by atoms with Gasteiger partial charge < -0.3 is 5.11 Å². The number of aliphatic carboxylic acids is 1. The molecule has 0 amide bonds. The Morgan fingerprint density at radius 2 is 1.65 bits per heavy atom. The van der Waals surface area contributed by atoms with E-state index in [4.69, 9.17) is 5.11 Å². The summed E-state index contributed by atoms with van der Waals surface area (Å²) in [5.41, 5.74) is 0.946. The summed E-state index contributed by atoms with van der Waals surface area (Å²) in [5.74, 6) is -2.22. The van der Waals surface area contributed by atoms with Crippen molar-refractivity contribution in [2.75, 3.05) is 5.75 Å². The molecule has 94 valence electrons. The maximum atomic E-state index is 11.6. The second-order valence-electron chi connectivity index (χ2n) is 4.93. The minimum Gasteiger partial charge on any atom is -0.480 e. The van der Waals surface area contributed by atoms with Crippen LogP contribution in [0.1, 0.15) is 26.3 Å². The summed E-state index contributed by atoms with van der Waals surface area (Å²) >= 11 is 0. The quantitative estimate of drug-likeness (QED) is 0.895. The molecule has 0 aliphatic heterocycles. The lowest BCUT2D eigenvalue weighted by atomic mass is 9.87. The molecule has 17 heavy (non-hydrogen) atoms. The molecule has 1 rings (SSSR count). The first-order valence-electron chi connectivity index (χ1n) is 5.18. The van der Waals surface area contributed by atoms with Gasteiger partial charge in [-0.25, -0.2) is 8.42 Å². The van der Waals surface area contributed by atoms with E-state index in [1.54, 1.807) is 12.1 Å². The summed E-state index contributed by atoms with van der Waals surface area (Å²) in [5, 5.41) is 8.52. The Morgan fingerprint density at radius 3 is 2.00 bits per heavy atom. The van der Waals surface area contributed by atoms with Crippen LogP contribution in [0.15, 0.2) is 29.2 Å². The lowest BCUT2D eigenvalue weighted by molar-refractivity contribution is -0.134. The smallest absolute Gasteiger partial charge is 0.319 e. The number of sulfone groups is 1. The SMILES string of the molecule is CC(C)(C)c1ccc(S(=O)(=O)CC(=O)O)cc1. The maximum absolute atomic E-state index is 11.6. The van der Waals surface area contributed by atoms with Crippen molar-refractivity contribution in [3.63, 3.8) is 0 Å². The van der Waals surface area contributed by atoms with Gasteiger partial charge in [0.2, 0.25) is 0 Å². The summed E-state index contributed by atoms with van der Waals surface area (Å²) in [6.45, 7) is 6.06. The van der Waals surface area contributed by atoms with Crippen molar-refractivity contribution in [2.24, 2.45) is 0 Å². The van der Waals surface area contributed by atoms with Crippen LogP contribution in [0.3, 0.4) is 0 Å². The average Bonchev–Trinajstić information content (AvgIpc) is 2.14. The van der Waals surface area contributed by atoms with Crippen LogP contribution >= 0.6 is 0 Å². The standard InChI is InChI=1S/C12H16O4S/c1-12(2,3)9-4-6-10(7-5-9)17(15,16)8-11(13)14/h4-7H,8H2,1-3H3,(H,13,14). The zero-order valence-electron chi connectivity index (χ0n) is 10.1. The van der Waals surface area contributed by atoms with Gasteiger partial charge >= 0.3 is 5.97 Å². The predicted octanol–water partition coefficient (Wildman–Crippen LogP) is 1.84. The molecule has 0 saturated carbocycles. The fourth-order valence-electron chi connectivity index (χ4n) is 1.41. The van der Waals surface area contributed by atoms with Crippen molar-refractivity contribution in [1.29, 1.82) is 0 Å². The molecule has 0 atom stereocenters. The van der Waals surface area contributed by atoms with Gasteiger partial charge in [-0.2, -0.15) is 0 Å². The monoisotopic (exact) mass is 256 g/mol. The molecule has 0 radical (unpaired) electrons. The molecular formula is C12H16O4S. The molecule has 0 unspecified atom stereocenters. The Bertz CT molecular complexity index is 506. The van der Waals surface area contributed by atoms with Gasteiger partial charge in [0.05, 0.1) is 4.90 Å². The summed E-state index contributed by atoms with van der Waals surface area (Å²) in [7, 11) is -3.72. The van der Waals surface area contributed by atoms with E-state index < -0.39 is 21.6 Å². The van der Waals surface area contributed by atoms with Gasteiger partial charge in [0, 0.05) is 0 Å². The minimum atomic E-state index is -3.72. The van der Waals surface area contributed by atoms with Gasteiger partial charge in [0.1, 0.15) is 0 Å². The third-order valence-electron chi connectivity index (χ3n) is 2.39. The van der Waals surface area contributed by atoms with Crippen LogP contribution in [0.4, 0.5) is 0 Å². The van der Waals surface area contributed by atoms with E-state index in [0.717, 1.165) is 5.56 Å². The summed E-state index contributed by atoms with van der Waals surface area (Å²) in [6, 6.07) is 6.35. The number of carboxylic acids is 1. The van der Waals surface area contributed by atoms with Gasteiger partial charge in [-0.15, -0.1) is 0 Å². The average molecular weight is 256 g/mol. The molecular weight excluding hydrogens is 240 g/mol. The van der Waals surface area contributed by atoms with E-state index in [9.17, 15) is 13.2 Å². The van der Waals surface area contributed by atoms with Crippen molar-refractivity contribution < 1.29 is 18.3 Å². The van der Waals surface area contributed by atoms with E-state index in [1.807, 2.05) is 20.8 Å². The highest BCUT2D eigenvalue weighted by Crippen LogP contribution is 2.23. The normalized spacial score (nSPS) is 12.4. The summed E-state index contributed by atoms with van der Waals surface area (Å²) in [6.07, 6.45) is 0. The number of benzene rings is 1. The molecule has 0 aliphatic rings. The zero-order chi connectivity index (χ0) is 13.3. The highest BCUT2D eigenvalue weighted by Gasteiger charge is 2.20. The lowest BCUT2D eigenvalue weighted by Gasteiger charge is -2.19. The van der Waals surface area contributed by atoms with Crippen LogP contribution in [-0.4, -0.2) is 25.2 Å². The topological polar surface area (TPSA) is 71.4 Å². The number of rotatable bonds is 3. The largest absolute Gasteiger partial charge is 0.480 e. The van der Waals surface area contributed by atoms with Crippen LogP contribution < -0.4 is 0 Å². The first-order valence-corrected chi connectivity index (χ1v) is 6.83. The van der Waals surface area contributed by atoms with Crippen LogP contribution in [0.25, 0.3) is 0 Å². The first-order chi connectivity index (χ1) is 7.63. The van der Waals surface area contributed by atoms with E-state index >= 15 is 0 Å². The first kappa shape index (κ1) is 13.7. The molecule has 4 nitrogen and oxygen atoms in total. The second kappa shape index (κ2) is 4.49. The van der Waals surface area contributed by atoms with E-state index in [2.05, 4.69) is 0 Å². The Balaban J connectivity index is 3.08. The summed E-state index contributed by atoms with van der Waals surface area (Å²) < 4.78 is 23.2. The molecule has 5 heteroatoms. The number of carbonyl (C=O) groups is 1. The Kier molecular flexibility index (Phi) is 3.62. The van der Waals surface area contributed by atoms with Crippen molar-refractivity contribution >= 4 is 15.8 Å². The third kappa shape index (κ3) is 3.56. The zero-order valence-corrected chi connectivity index (χ0v) is 10.9. The van der Waals surface area contributed by atoms with Gasteiger partial charge in [-0.3, -0.25) is 4.79 Å². The fourth-order valence-corrected chi connectivity index (χ4v) is 2.45. The van der Waals surface area contributed by atoms with Crippen molar-refractivity contribution in [3.8, 4) is 0 Å². The Hall–Kier alpha value is -1.36. The molecule has 0 aliphatic carbocycles. The Labute approximate surface area is 101 Å². The molecule has 1 aromatic rings. The molecule has 1 N–H and O–H groups in total. The van der Waals surface area contributed by atoms with Crippen molar-refractivity contribution in [2.45, 2.75) is 31.1 Å². The number of hydrogen-bond acceptors (Lipinski definition) is 3. The third-order valence-corrected chi connectivity index (χ3v) is 4.01. The van der Waals surface area contributed by atoms with Crippen LogP contribution in [-0.2, 0) is 20.0 Å². The van der Waals surface area contributed by atoms with E-state index in [-0.39, 0.29) is 10.3 Å². The fraction of sp³-hybridized carbons (Fsp3) is 0.417. The molecule has 0 fully saturated rings. The van der Waals surface area contributed by atoms with Crippen molar-refractivity contribution in [1.82, 2.24) is 0 Å². The molecule has 0 spiro atoms. The number of carboxylic acid groups (broad SMARTS) is 1. The molecule has 0 saturated heterocycles. The van der Waals surface area contributed by atoms with Gasteiger partial charge in [-0.1, -0.05) is 32.9 Å². The molecule has 1 aromatic carbocycles. The van der Waals surface area contributed by atoms with Crippen LogP contribution in [0, 0.1) is 0 Å². The lowest BCUT2D eigenvalue weighted by Crippen LogP contribution is -2.16. The van der Waals surface area contributed by atoms with E-state index in [1.165, 1.54) is 12.1 Å². The van der Waals surface area contributed by atoms with Gasteiger partial charge in [0.25, 0.3) is 0 Å². The second-order valence-corrected chi connectivity index (χ2v) is 6.92. The molecule has 0 aromatic heterocycles. The number of hydrogen-bond donors (Lipinski definition) is 1. The van der Waals surface area contributed by atoms with Crippen LogP contribution in [0.2, 0.25) is 0 Å².